The molecule has 0 aliphatic carbocycles. The van der Waals surface area contributed by atoms with Crippen molar-refractivity contribution in [1.29, 1.82) is 0 Å². The van der Waals surface area contributed by atoms with E-state index in [2.05, 4.69) is 82.5 Å². The Labute approximate surface area is 544 Å². The van der Waals surface area contributed by atoms with Crippen LogP contribution in [0.2, 0.25) is 0 Å². The Morgan fingerprint density at radius 3 is 1.08 bits per heavy atom. The molecule has 512 valence electrons. The number of nitrogens with zero attached hydrogens (tertiary/aromatic N) is 2. The minimum atomic E-state index is -1.23. The number of carboxylic acid groups (broad SMARTS) is 3. The van der Waals surface area contributed by atoms with Crippen LogP contribution in [0.3, 0.4) is 0 Å². The molecule has 90 heavy (non-hydrogen) atoms. The van der Waals surface area contributed by atoms with E-state index in [1.54, 1.807) is 0 Å². The van der Waals surface area contributed by atoms with Gasteiger partial charge in [-0.25, -0.2) is 0 Å². The zero-order chi connectivity index (χ0) is 65.9. The zero-order valence-corrected chi connectivity index (χ0v) is 56.2. The molecule has 0 aromatic heterocycles. The van der Waals surface area contributed by atoms with Crippen molar-refractivity contribution in [3.8, 4) is 47.4 Å². The highest BCUT2D eigenvalue weighted by Gasteiger charge is 2.21. The Hall–Kier alpha value is -5.63. The summed E-state index contributed by atoms with van der Waals surface area (Å²) in [5.74, 6) is 20.2. The van der Waals surface area contributed by atoms with Gasteiger partial charge in [-0.3, -0.25) is 43.4 Å². The van der Waals surface area contributed by atoms with Gasteiger partial charge in [0.25, 0.3) is 0 Å². The fourth-order valence-corrected chi connectivity index (χ4v) is 10.1. The number of carbonyl (C=O) groups excluding carboxylic acids is 4. The van der Waals surface area contributed by atoms with Gasteiger partial charge in [-0.2, -0.15) is 0 Å². The fourth-order valence-electron chi connectivity index (χ4n) is 10.1. The minimum Gasteiger partial charge on any atom is -0.480 e. The van der Waals surface area contributed by atoms with Crippen LogP contribution in [0.25, 0.3) is 0 Å². The molecule has 0 bridgehead atoms. The number of hydrogen-bond acceptors (Lipinski definition) is 11. The summed E-state index contributed by atoms with van der Waals surface area (Å²) in [4.78, 5) is 87.6. The lowest BCUT2D eigenvalue weighted by atomic mass is 10.1. The van der Waals surface area contributed by atoms with E-state index < -0.39 is 49.5 Å². The number of hydrogen-bond donors (Lipinski definition) is 7. The monoisotopic (exact) mass is 1260 g/mol. The highest BCUT2D eigenvalue weighted by atomic mass is 16.5. The van der Waals surface area contributed by atoms with Crippen LogP contribution in [0.4, 0.5) is 0 Å². The second-order valence-electron chi connectivity index (χ2n) is 23.7. The summed E-state index contributed by atoms with van der Waals surface area (Å²) < 4.78 is 11.2. The van der Waals surface area contributed by atoms with Crippen LogP contribution < -0.4 is 21.3 Å². The molecule has 0 aliphatic heterocycles. The molecule has 0 saturated carbocycles. The van der Waals surface area contributed by atoms with E-state index in [0.29, 0.717) is 38.6 Å². The van der Waals surface area contributed by atoms with Gasteiger partial charge in [-0.05, 0) is 81.5 Å². The van der Waals surface area contributed by atoms with Gasteiger partial charge in [0.05, 0.1) is 52.6 Å². The van der Waals surface area contributed by atoms with Crippen molar-refractivity contribution in [3.05, 3.63) is 0 Å². The van der Waals surface area contributed by atoms with Gasteiger partial charge in [-0.15, -0.1) is 0 Å². The van der Waals surface area contributed by atoms with E-state index in [0.717, 1.165) is 114 Å². The number of unbranched alkanes of at least 4 members (excludes halogenated alkanes) is 33. The highest BCUT2D eigenvalue weighted by molar-refractivity contribution is 5.87. The van der Waals surface area contributed by atoms with Crippen molar-refractivity contribution in [3.63, 3.8) is 0 Å². The number of nitrogens with one attached hydrogen (secondary N) is 4. The van der Waals surface area contributed by atoms with Crippen molar-refractivity contribution in [2.24, 2.45) is 0 Å². The van der Waals surface area contributed by atoms with E-state index >= 15 is 0 Å². The Morgan fingerprint density at radius 2 is 0.689 bits per heavy atom. The highest BCUT2D eigenvalue weighted by Crippen LogP contribution is 2.14. The largest absolute Gasteiger partial charge is 0.480 e. The maximum atomic E-state index is 13.4. The quantitative estimate of drug-likeness (QED) is 0.0221. The number of rotatable bonds is 63. The first kappa shape index (κ1) is 84.4. The van der Waals surface area contributed by atoms with Crippen molar-refractivity contribution in [1.82, 2.24) is 31.1 Å². The van der Waals surface area contributed by atoms with Crippen molar-refractivity contribution in [2.75, 3.05) is 85.3 Å². The lowest BCUT2D eigenvalue weighted by Gasteiger charge is -2.24. The van der Waals surface area contributed by atoms with Crippen LogP contribution in [0.1, 0.15) is 277 Å². The van der Waals surface area contributed by atoms with Gasteiger partial charge in [0, 0.05) is 71.2 Å². The van der Waals surface area contributed by atoms with Crippen molar-refractivity contribution < 1.29 is 58.4 Å². The molecule has 0 aromatic rings. The molecule has 0 unspecified atom stereocenters. The number of amides is 4. The van der Waals surface area contributed by atoms with Crippen LogP contribution in [0.5, 0.6) is 0 Å². The van der Waals surface area contributed by atoms with Crippen LogP contribution in [-0.4, -0.2) is 158 Å². The maximum absolute atomic E-state index is 13.4. The van der Waals surface area contributed by atoms with Gasteiger partial charge >= 0.3 is 17.9 Å². The maximum Gasteiger partial charge on any atom is 0.317 e. The van der Waals surface area contributed by atoms with E-state index in [-0.39, 0.29) is 76.9 Å². The average molecular weight is 1260 g/mol. The third kappa shape index (κ3) is 63.9. The Kier molecular flexibility index (Phi) is 62.1. The number of carboxylic acids is 3. The summed E-state index contributed by atoms with van der Waals surface area (Å²) in [5, 5.41) is 38.9. The lowest BCUT2D eigenvalue weighted by Crippen LogP contribution is -2.47. The summed E-state index contributed by atoms with van der Waals surface area (Å²) in [7, 11) is 0. The predicted octanol–water partition coefficient (Wildman–Crippen LogP) is 11.8. The molecule has 7 N–H and O–H groups in total. The number of ether oxygens (including phenoxy) is 2. The van der Waals surface area contributed by atoms with Crippen molar-refractivity contribution in [2.45, 2.75) is 283 Å². The molecular weight excluding hydrogens is 1140 g/mol. The summed E-state index contributed by atoms with van der Waals surface area (Å²) in [5.41, 5.74) is 0. The molecule has 0 fully saturated rings. The zero-order valence-electron chi connectivity index (χ0n) is 56.2. The Morgan fingerprint density at radius 1 is 0.356 bits per heavy atom. The van der Waals surface area contributed by atoms with Gasteiger partial charge in [0.2, 0.25) is 23.6 Å². The van der Waals surface area contributed by atoms with E-state index in [9.17, 15) is 38.7 Å². The SMILES string of the molecule is CCCCCCCCCCCCC#CC#CCCCCCCCCC(=O)NCCCC[C@H](NC(=O)CCCCCCCCC#CC#CCCCCCCCCCCCC)C(=O)NCCOCCOCCNC(=O)CN(CCN(CC(=O)O)CC(=O)O)CC(=O)O. The lowest BCUT2D eigenvalue weighted by molar-refractivity contribution is -0.143. The third-order valence-corrected chi connectivity index (χ3v) is 15.3. The Balaban J connectivity index is 4.67. The fraction of sp³-hybridized carbons (Fsp3) is 0.792. The van der Waals surface area contributed by atoms with Gasteiger partial charge in [-0.1, -0.05) is 204 Å². The van der Waals surface area contributed by atoms with Gasteiger partial charge < -0.3 is 46.1 Å². The molecule has 0 heterocycles. The molecular formula is C72H122N6O12. The number of aliphatic carboxylic acids is 3. The second-order valence-corrected chi connectivity index (χ2v) is 23.7. The normalized spacial score (nSPS) is 11.1. The topological polar surface area (TPSA) is 253 Å². The number of carbonyl (C=O) groups is 7. The average Bonchev–Trinajstić information content (AvgIpc) is 3.49. The molecule has 4 amide bonds. The first-order chi connectivity index (χ1) is 43.9. The molecule has 0 aromatic carbocycles. The van der Waals surface area contributed by atoms with Crippen molar-refractivity contribution >= 4 is 41.5 Å². The standard InChI is InChI=1S/C72H122N6O12/c1-3-5-7-9-11-13-15-17-19-21-23-25-27-29-31-33-35-37-39-41-43-45-50-66(79)73-52-48-47-49-65(76-67(80)51-46-44-42-40-38-36-34-32-30-28-26-24-22-20-18-16-14-12-10-8-6-4-2)72(88)75-54-58-90-60-59-89-57-53-74-68(81)61-77(62-69(82)83)55-56-78(63-70(84)85)64-71(86)87/h65H,3-24,33-64H2,1-2H3,(H,73,79)(H,74,81)(H,75,88)(H,76,80)(H,82,83)(H,84,85)(H,86,87)/t65-/m0/s1. The molecule has 0 spiro atoms. The summed E-state index contributed by atoms with van der Waals surface area (Å²) in [6, 6.07) is -0.734. The molecule has 0 saturated heterocycles. The molecule has 18 heteroatoms. The summed E-state index contributed by atoms with van der Waals surface area (Å²) >= 11 is 0. The van der Waals surface area contributed by atoms with Gasteiger partial charge in [0.15, 0.2) is 0 Å². The predicted molar refractivity (Wildman–Crippen MR) is 360 cm³/mol. The minimum absolute atomic E-state index is 0.0267. The smallest absolute Gasteiger partial charge is 0.317 e. The van der Waals surface area contributed by atoms with Gasteiger partial charge in [0.1, 0.15) is 6.04 Å². The molecule has 18 nitrogen and oxygen atoms in total. The first-order valence-corrected chi connectivity index (χ1v) is 35.1. The van der Waals surface area contributed by atoms with Crippen LogP contribution in [0.15, 0.2) is 0 Å². The van der Waals surface area contributed by atoms with E-state index in [1.165, 1.54) is 127 Å². The van der Waals surface area contributed by atoms with E-state index in [4.69, 9.17) is 19.7 Å². The van der Waals surface area contributed by atoms with E-state index in [1.807, 2.05) is 0 Å². The summed E-state index contributed by atoms with van der Waals surface area (Å²) in [6.45, 7) is 4.06. The second kappa shape index (κ2) is 66.3. The third-order valence-electron chi connectivity index (χ3n) is 15.3. The molecule has 1 atom stereocenters. The van der Waals surface area contributed by atoms with Crippen LogP contribution >= 0.6 is 0 Å². The first-order valence-electron chi connectivity index (χ1n) is 35.1. The van der Waals surface area contributed by atoms with Crippen LogP contribution in [-0.2, 0) is 43.0 Å². The summed E-state index contributed by atoms with van der Waals surface area (Å²) in [6.07, 6.45) is 44.8. The molecule has 0 aliphatic rings. The Bertz CT molecular complexity index is 2100. The molecule has 0 radical (unpaired) electrons. The van der Waals surface area contributed by atoms with Crippen LogP contribution in [0, 0.1) is 47.4 Å². The molecule has 0 rings (SSSR count).